The Balaban J connectivity index is 2.08. The lowest BCUT2D eigenvalue weighted by Gasteiger charge is -2.40. The highest BCUT2D eigenvalue weighted by Gasteiger charge is 2.44. The highest BCUT2D eigenvalue weighted by Crippen LogP contribution is 2.22. The van der Waals surface area contributed by atoms with Crippen molar-refractivity contribution < 1.29 is 39.8 Å². The van der Waals surface area contributed by atoms with Crippen LogP contribution in [0.25, 0.3) is 0 Å². The Labute approximate surface area is 395 Å². The van der Waals surface area contributed by atoms with E-state index in [9.17, 15) is 30.3 Å². The summed E-state index contributed by atoms with van der Waals surface area (Å²) in [7, 11) is 0. The van der Waals surface area contributed by atoms with Crippen molar-refractivity contribution in [3.05, 3.63) is 122 Å². The summed E-state index contributed by atoms with van der Waals surface area (Å²) in [6.45, 7) is 3.51. The first-order valence-corrected chi connectivity index (χ1v) is 25.3. The van der Waals surface area contributed by atoms with Crippen LogP contribution in [0.15, 0.2) is 122 Å². The minimum Gasteiger partial charge on any atom is -0.394 e. The maximum Gasteiger partial charge on any atom is 0.220 e. The number of unbranched alkanes of at least 4 members (excludes halogenated alkanes) is 12. The van der Waals surface area contributed by atoms with Gasteiger partial charge in [-0.3, -0.25) is 4.79 Å². The molecular weight excluding hydrogens is 815 g/mol. The molecule has 1 fully saturated rings. The summed E-state index contributed by atoms with van der Waals surface area (Å²) < 4.78 is 11.1. The van der Waals surface area contributed by atoms with Crippen molar-refractivity contribution in [1.82, 2.24) is 5.32 Å². The van der Waals surface area contributed by atoms with E-state index >= 15 is 0 Å². The number of aliphatic hydroxyl groups is 5. The van der Waals surface area contributed by atoms with Crippen molar-refractivity contribution in [3.63, 3.8) is 0 Å². The van der Waals surface area contributed by atoms with Crippen molar-refractivity contribution in [2.75, 3.05) is 13.2 Å². The maximum absolute atomic E-state index is 12.9. The number of carbonyl (C=O) groups excluding carboxylic acids is 1. The molecule has 0 bridgehead atoms. The average Bonchev–Trinajstić information content (AvgIpc) is 3.31. The van der Waals surface area contributed by atoms with Gasteiger partial charge in [-0.25, -0.2) is 0 Å². The van der Waals surface area contributed by atoms with E-state index in [1.54, 1.807) is 6.08 Å². The van der Waals surface area contributed by atoms with Crippen LogP contribution in [0, 0.1) is 0 Å². The number of ether oxygens (including phenoxy) is 2. The number of hydrogen-bond acceptors (Lipinski definition) is 8. The SMILES string of the molecule is CC/C=C\C/C=C\C/C=C\C/C=C\C/C=C\C/C=C\C/C=C\C/C=C\C/C=C\CCCCCCCCCCCC(=O)NC(COC1OC(CO)C(O)C(O)C1O)C(O)/C=C/CCCCC. The van der Waals surface area contributed by atoms with Gasteiger partial charge in [0.1, 0.15) is 24.4 Å². The van der Waals surface area contributed by atoms with Crippen molar-refractivity contribution in [2.24, 2.45) is 0 Å². The molecule has 7 unspecified atom stereocenters. The third kappa shape index (κ3) is 34.5. The Bertz CT molecular complexity index is 1420. The fourth-order valence-electron chi connectivity index (χ4n) is 7.03. The normalized spacial score (nSPS) is 21.0. The Hall–Kier alpha value is -3.41. The van der Waals surface area contributed by atoms with E-state index in [-0.39, 0.29) is 12.5 Å². The number of amides is 1. The topological polar surface area (TPSA) is 149 Å². The highest BCUT2D eigenvalue weighted by atomic mass is 16.7. The fraction of sp³-hybridized carbons (Fsp3) is 0.625. The Morgan fingerprint density at radius 3 is 1.42 bits per heavy atom. The maximum atomic E-state index is 12.9. The fourth-order valence-corrected chi connectivity index (χ4v) is 7.03. The molecule has 1 aliphatic rings. The lowest BCUT2D eigenvalue weighted by molar-refractivity contribution is -0.302. The van der Waals surface area contributed by atoms with E-state index < -0.39 is 49.5 Å². The number of allylic oxidation sites excluding steroid dienone is 19. The summed E-state index contributed by atoms with van der Waals surface area (Å²) in [4.78, 5) is 12.9. The van der Waals surface area contributed by atoms with Crippen LogP contribution >= 0.6 is 0 Å². The van der Waals surface area contributed by atoms with Gasteiger partial charge in [0.2, 0.25) is 5.91 Å². The van der Waals surface area contributed by atoms with Crippen LogP contribution in [0.4, 0.5) is 0 Å². The lowest BCUT2D eigenvalue weighted by atomic mass is 9.99. The molecular formula is C56H91NO8. The minimum atomic E-state index is -1.57. The third-order valence-corrected chi connectivity index (χ3v) is 11.0. The monoisotopic (exact) mass is 906 g/mol. The molecule has 1 heterocycles. The first kappa shape index (κ1) is 59.6. The molecule has 0 aromatic carbocycles. The van der Waals surface area contributed by atoms with Gasteiger partial charge in [0, 0.05) is 6.42 Å². The van der Waals surface area contributed by atoms with Crippen molar-refractivity contribution in [1.29, 1.82) is 0 Å². The van der Waals surface area contributed by atoms with Crippen LogP contribution < -0.4 is 5.32 Å². The molecule has 0 aromatic rings. The van der Waals surface area contributed by atoms with E-state index in [1.807, 2.05) is 6.08 Å². The molecule has 65 heavy (non-hydrogen) atoms. The minimum absolute atomic E-state index is 0.198. The van der Waals surface area contributed by atoms with Crippen LogP contribution in [0.3, 0.4) is 0 Å². The molecule has 1 rings (SSSR count). The van der Waals surface area contributed by atoms with Crippen molar-refractivity contribution in [3.8, 4) is 0 Å². The predicted octanol–water partition coefficient (Wildman–Crippen LogP) is 11.6. The summed E-state index contributed by atoms with van der Waals surface area (Å²) in [5, 5.41) is 53.7. The first-order valence-electron chi connectivity index (χ1n) is 25.3. The molecule has 0 aromatic heterocycles. The second-order valence-corrected chi connectivity index (χ2v) is 16.9. The highest BCUT2D eigenvalue weighted by molar-refractivity contribution is 5.76. The Morgan fingerprint density at radius 1 is 0.538 bits per heavy atom. The first-order chi connectivity index (χ1) is 31.8. The molecule has 368 valence electrons. The van der Waals surface area contributed by atoms with Crippen LogP contribution in [0.5, 0.6) is 0 Å². The molecule has 0 saturated carbocycles. The van der Waals surface area contributed by atoms with Crippen molar-refractivity contribution in [2.45, 2.75) is 211 Å². The molecule has 0 radical (unpaired) electrons. The number of carbonyl (C=O) groups is 1. The third-order valence-electron chi connectivity index (χ3n) is 11.0. The Kier molecular flexibility index (Phi) is 40.7. The van der Waals surface area contributed by atoms with Crippen molar-refractivity contribution >= 4 is 5.91 Å². The lowest BCUT2D eigenvalue weighted by Crippen LogP contribution is -2.60. The average molecular weight is 906 g/mol. The van der Waals surface area contributed by atoms with E-state index in [0.29, 0.717) is 6.42 Å². The van der Waals surface area contributed by atoms with Gasteiger partial charge < -0.3 is 40.3 Å². The molecule has 7 atom stereocenters. The van der Waals surface area contributed by atoms with Crippen LogP contribution in [0.2, 0.25) is 0 Å². The van der Waals surface area contributed by atoms with Gasteiger partial charge >= 0.3 is 0 Å². The number of nitrogens with one attached hydrogen (secondary N) is 1. The number of hydrogen-bond donors (Lipinski definition) is 6. The van der Waals surface area contributed by atoms with Crippen LogP contribution in [-0.2, 0) is 14.3 Å². The smallest absolute Gasteiger partial charge is 0.220 e. The summed E-state index contributed by atoms with van der Waals surface area (Å²) in [6.07, 6.45) is 60.3. The van der Waals surface area contributed by atoms with E-state index in [4.69, 9.17) is 9.47 Å². The van der Waals surface area contributed by atoms with Gasteiger partial charge in [0.05, 0.1) is 25.4 Å². The summed E-state index contributed by atoms with van der Waals surface area (Å²) >= 11 is 0. The van der Waals surface area contributed by atoms with Crippen LogP contribution in [0.1, 0.15) is 168 Å². The number of aliphatic hydroxyl groups excluding tert-OH is 5. The van der Waals surface area contributed by atoms with Gasteiger partial charge in [-0.15, -0.1) is 0 Å². The summed E-state index contributed by atoms with van der Waals surface area (Å²) in [6, 6.07) is -0.812. The Morgan fingerprint density at radius 2 is 0.954 bits per heavy atom. The zero-order chi connectivity index (χ0) is 47.3. The molecule has 1 amide bonds. The standard InChI is InChI=1S/C56H91NO8/c1-3-5-7-9-10-11-12-13-14-15-16-17-18-19-20-21-22-23-24-25-26-27-28-29-30-31-32-33-34-35-36-37-38-39-40-42-44-46-52(60)57-49(50(59)45-43-41-8-6-4-2)48-64-56-55(63)54(62)53(61)51(47-58)65-56/h5,7,10-11,13-14,16-17,19-20,22-23,25-26,28-29,31-32,43,45,49-51,53-56,58-59,61-63H,3-4,6,8-9,12,15,18,21,24,27,30,33-42,44,46-48H2,1-2H3,(H,57,60)/b7-5-,11-10-,14-13-,17-16-,20-19-,23-22-,26-25-,29-28-,32-31-,45-43+. The summed E-state index contributed by atoms with van der Waals surface area (Å²) in [5.41, 5.74) is 0. The van der Waals surface area contributed by atoms with E-state index in [1.165, 1.54) is 32.1 Å². The van der Waals surface area contributed by atoms with Gasteiger partial charge in [-0.2, -0.15) is 0 Å². The van der Waals surface area contributed by atoms with Gasteiger partial charge in [0.15, 0.2) is 6.29 Å². The molecule has 6 N–H and O–H groups in total. The largest absolute Gasteiger partial charge is 0.394 e. The molecule has 1 saturated heterocycles. The number of rotatable bonds is 40. The summed E-state index contributed by atoms with van der Waals surface area (Å²) in [5.74, 6) is -0.198. The predicted molar refractivity (Wildman–Crippen MR) is 271 cm³/mol. The second kappa shape index (κ2) is 44.4. The zero-order valence-corrected chi connectivity index (χ0v) is 40.4. The van der Waals surface area contributed by atoms with E-state index in [2.05, 4.69) is 129 Å². The van der Waals surface area contributed by atoms with Gasteiger partial charge in [-0.1, -0.05) is 193 Å². The molecule has 9 nitrogen and oxygen atoms in total. The van der Waals surface area contributed by atoms with Crippen LogP contribution in [-0.4, -0.2) is 87.5 Å². The molecule has 9 heteroatoms. The molecule has 0 aliphatic carbocycles. The molecule has 1 aliphatic heterocycles. The molecule has 0 spiro atoms. The zero-order valence-electron chi connectivity index (χ0n) is 40.4. The van der Waals surface area contributed by atoms with Gasteiger partial charge in [0.25, 0.3) is 0 Å². The quantitative estimate of drug-likeness (QED) is 0.0263. The van der Waals surface area contributed by atoms with Gasteiger partial charge in [-0.05, 0) is 89.9 Å². The van der Waals surface area contributed by atoms with E-state index in [0.717, 1.165) is 116 Å². The second-order valence-electron chi connectivity index (χ2n) is 16.9.